The van der Waals surface area contributed by atoms with E-state index in [1.54, 1.807) is 6.26 Å². The third kappa shape index (κ3) is 3.65. The fourth-order valence-electron chi connectivity index (χ4n) is 3.08. The topological polar surface area (TPSA) is 113 Å². The number of carboxylic acids is 1. The van der Waals surface area contributed by atoms with Gasteiger partial charge in [0.25, 0.3) is 5.91 Å². The van der Waals surface area contributed by atoms with Crippen LogP contribution in [0.1, 0.15) is 11.8 Å². The average molecular weight is 443 g/mol. The van der Waals surface area contributed by atoms with Gasteiger partial charge in [0.2, 0.25) is 5.91 Å². The summed E-state index contributed by atoms with van der Waals surface area (Å²) in [5.41, 5.74) is 0.178. The first kappa shape index (κ1) is 20.7. The molecule has 2 unspecified atom stereocenters. The van der Waals surface area contributed by atoms with Gasteiger partial charge in [-0.2, -0.15) is 0 Å². The lowest BCUT2D eigenvalue weighted by Gasteiger charge is -2.57. The third-order valence-corrected chi connectivity index (χ3v) is 8.38. The van der Waals surface area contributed by atoms with Crippen LogP contribution >= 0.6 is 34.9 Å². The minimum absolute atomic E-state index is 0.163. The number of thiophene rings is 1. The molecule has 0 aromatic carbocycles. The summed E-state index contributed by atoms with van der Waals surface area (Å²) in [5.74, 6) is -2.30. The standard InChI is InChI=1S/C17H18N2O6S3/c1-9(20)25-7-10-8-28-17(26-2)14(15(22)19(17)13(10)16(23)24)18-12(21)6-11-4-3-5-27-11/h3-5,14H,6-8H2,1-2H3,(H,18,21)(H,23,24). The Morgan fingerprint density at radius 2 is 2.21 bits per heavy atom. The lowest BCUT2D eigenvalue weighted by Crippen LogP contribution is -2.77. The molecule has 2 aliphatic rings. The number of aliphatic carboxylic acids is 1. The van der Waals surface area contributed by atoms with E-state index in [9.17, 15) is 24.3 Å². The minimum Gasteiger partial charge on any atom is -0.477 e. The van der Waals surface area contributed by atoms with Crippen molar-refractivity contribution in [2.75, 3.05) is 18.6 Å². The first-order chi connectivity index (χ1) is 13.3. The summed E-state index contributed by atoms with van der Waals surface area (Å²) in [6.07, 6.45) is 1.93. The van der Waals surface area contributed by atoms with E-state index in [2.05, 4.69) is 5.32 Å². The van der Waals surface area contributed by atoms with Crippen LogP contribution in [0.4, 0.5) is 0 Å². The van der Waals surface area contributed by atoms with Crippen molar-refractivity contribution >= 4 is 58.6 Å². The lowest BCUT2D eigenvalue weighted by molar-refractivity contribution is -0.152. The van der Waals surface area contributed by atoms with Crippen molar-refractivity contribution in [2.45, 2.75) is 23.6 Å². The average Bonchev–Trinajstić information content (AvgIpc) is 3.15. The number of nitrogens with zero attached hydrogens (tertiary/aromatic N) is 1. The Morgan fingerprint density at radius 3 is 2.79 bits per heavy atom. The molecule has 150 valence electrons. The van der Waals surface area contributed by atoms with Crippen LogP contribution in [0.25, 0.3) is 0 Å². The summed E-state index contributed by atoms with van der Waals surface area (Å²) in [6, 6.07) is 2.86. The van der Waals surface area contributed by atoms with Crippen LogP contribution < -0.4 is 5.32 Å². The van der Waals surface area contributed by atoms with Gasteiger partial charge in [0.1, 0.15) is 12.3 Å². The second-order valence-corrected chi connectivity index (χ2v) is 9.61. The maximum Gasteiger partial charge on any atom is 0.352 e. The van der Waals surface area contributed by atoms with Crippen LogP contribution in [-0.4, -0.2) is 62.6 Å². The first-order valence-corrected chi connectivity index (χ1v) is 11.3. The summed E-state index contributed by atoms with van der Waals surface area (Å²) < 4.78 is 4.00. The molecule has 0 bridgehead atoms. The van der Waals surface area contributed by atoms with Gasteiger partial charge in [0.15, 0.2) is 10.2 Å². The summed E-state index contributed by atoms with van der Waals surface area (Å²) in [4.78, 5) is 50.2. The number of nitrogens with one attached hydrogen (secondary N) is 1. The second kappa shape index (κ2) is 8.18. The van der Waals surface area contributed by atoms with E-state index in [0.717, 1.165) is 4.88 Å². The smallest absolute Gasteiger partial charge is 0.352 e. The molecular weight excluding hydrogens is 424 g/mol. The van der Waals surface area contributed by atoms with Crippen molar-refractivity contribution in [2.24, 2.45) is 0 Å². The van der Waals surface area contributed by atoms with E-state index < -0.39 is 28.1 Å². The fraction of sp³-hybridized carbons (Fsp3) is 0.412. The Balaban J connectivity index is 1.82. The van der Waals surface area contributed by atoms with Crippen LogP contribution in [0.2, 0.25) is 0 Å². The van der Waals surface area contributed by atoms with Gasteiger partial charge in [-0.3, -0.25) is 19.3 Å². The van der Waals surface area contributed by atoms with Crippen molar-refractivity contribution < 1.29 is 29.0 Å². The number of thioether (sulfide) groups is 2. The molecule has 0 spiro atoms. The number of amides is 2. The van der Waals surface area contributed by atoms with Crippen molar-refractivity contribution in [3.05, 3.63) is 33.7 Å². The van der Waals surface area contributed by atoms with Crippen LogP contribution in [0.15, 0.2) is 28.8 Å². The molecule has 0 saturated carbocycles. The highest BCUT2D eigenvalue weighted by molar-refractivity contribution is 8.18. The molecule has 1 aromatic heterocycles. The van der Waals surface area contributed by atoms with E-state index in [4.69, 9.17) is 4.74 Å². The highest BCUT2D eigenvalue weighted by Crippen LogP contribution is 2.55. The maximum atomic E-state index is 12.8. The lowest BCUT2D eigenvalue weighted by atomic mass is 10.0. The van der Waals surface area contributed by atoms with Gasteiger partial charge in [0, 0.05) is 23.1 Å². The van der Waals surface area contributed by atoms with E-state index in [1.165, 1.54) is 46.7 Å². The molecule has 0 aliphatic carbocycles. The van der Waals surface area contributed by atoms with Crippen molar-refractivity contribution in [3.63, 3.8) is 0 Å². The fourth-order valence-corrected chi connectivity index (χ4v) is 6.43. The molecule has 2 atom stereocenters. The Labute approximate surface area is 173 Å². The summed E-state index contributed by atoms with van der Waals surface area (Å²) in [5, 5.41) is 14.3. The maximum absolute atomic E-state index is 12.8. The molecule has 2 amide bonds. The summed E-state index contributed by atoms with van der Waals surface area (Å²) in [6.45, 7) is 1.05. The molecule has 1 saturated heterocycles. The van der Waals surface area contributed by atoms with Crippen LogP contribution in [-0.2, 0) is 30.3 Å². The molecule has 2 N–H and O–H groups in total. The SMILES string of the molecule is CSC12SCC(COC(C)=O)=C(C(=O)O)N1C(=O)C2NC(=O)Cc1cccs1. The van der Waals surface area contributed by atoms with Gasteiger partial charge in [-0.25, -0.2) is 4.79 Å². The van der Waals surface area contributed by atoms with Crippen molar-refractivity contribution in [1.82, 2.24) is 10.2 Å². The Bertz CT molecular complexity index is 853. The van der Waals surface area contributed by atoms with E-state index in [1.807, 2.05) is 17.5 Å². The Kier molecular flexibility index (Phi) is 6.06. The number of carbonyl (C=O) groups is 4. The minimum atomic E-state index is -1.27. The number of hydrogen-bond acceptors (Lipinski definition) is 8. The van der Waals surface area contributed by atoms with Gasteiger partial charge in [-0.05, 0) is 17.7 Å². The van der Waals surface area contributed by atoms with Gasteiger partial charge < -0.3 is 15.2 Å². The van der Waals surface area contributed by atoms with Gasteiger partial charge in [0.05, 0.1) is 6.42 Å². The number of fused-ring (bicyclic) bond motifs is 1. The molecule has 0 radical (unpaired) electrons. The van der Waals surface area contributed by atoms with E-state index >= 15 is 0 Å². The molecule has 3 heterocycles. The number of esters is 1. The van der Waals surface area contributed by atoms with Crippen LogP contribution in [0, 0.1) is 0 Å². The van der Waals surface area contributed by atoms with E-state index in [-0.39, 0.29) is 30.4 Å². The van der Waals surface area contributed by atoms with Gasteiger partial charge >= 0.3 is 11.9 Å². The highest BCUT2D eigenvalue weighted by atomic mass is 32.2. The predicted molar refractivity (Wildman–Crippen MR) is 107 cm³/mol. The first-order valence-electron chi connectivity index (χ1n) is 8.23. The van der Waals surface area contributed by atoms with Gasteiger partial charge in [-0.1, -0.05) is 6.07 Å². The molecule has 3 rings (SSSR count). The zero-order valence-corrected chi connectivity index (χ0v) is 17.5. The zero-order valence-electron chi connectivity index (χ0n) is 15.1. The number of rotatable bonds is 7. The largest absolute Gasteiger partial charge is 0.477 e. The number of hydrogen-bond donors (Lipinski definition) is 2. The number of carbonyl (C=O) groups excluding carboxylic acids is 3. The molecule has 1 fully saturated rings. The molecule has 2 aliphatic heterocycles. The second-order valence-electron chi connectivity index (χ2n) is 6.09. The Morgan fingerprint density at radius 1 is 1.46 bits per heavy atom. The zero-order chi connectivity index (χ0) is 20.5. The number of β-lactam (4-membered cyclic amide) rings is 1. The van der Waals surface area contributed by atoms with Crippen molar-refractivity contribution in [3.8, 4) is 0 Å². The van der Waals surface area contributed by atoms with E-state index in [0.29, 0.717) is 5.57 Å². The molecule has 11 heteroatoms. The number of ether oxygens (including phenoxy) is 1. The predicted octanol–water partition coefficient (Wildman–Crippen LogP) is 1.28. The van der Waals surface area contributed by atoms with Crippen molar-refractivity contribution in [1.29, 1.82) is 0 Å². The quantitative estimate of drug-likeness (QED) is 0.480. The molecule has 28 heavy (non-hydrogen) atoms. The van der Waals surface area contributed by atoms with Crippen LogP contribution in [0.3, 0.4) is 0 Å². The number of carboxylic acid groups (broad SMARTS) is 1. The molecular formula is C17H18N2O6S3. The van der Waals surface area contributed by atoms with Crippen LogP contribution in [0.5, 0.6) is 0 Å². The Hall–Kier alpha value is -1.98. The third-order valence-electron chi connectivity index (χ3n) is 4.32. The summed E-state index contributed by atoms with van der Waals surface area (Å²) in [7, 11) is 0. The molecule has 8 nitrogen and oxygen atoms in total. The van der Waals surface area contributed by atoms with Gasteiger partial charge in [-0.15, -0.1) is 34.9 Å². The summed E-state index contributed by atoms with van der Waals surface area (Å²) >= 11 is 4.10. The highest BCUT2D eigenvalue weighted by Gasteiger charge is 2.65. The monoisotopic (exact) mass is 442 g/mol. The normalized spacial score (nSPS) is 23.7. The molecule has 1 aromatic rings.